The number of anilines is 1. The molecule has 0 saturated carbocycles. The van der Waals surface area contributed by atoms with Gasteiger partial charge in [0.05, 0.1) is 7.11 Å². The van der Waals surface area contributed by atoms with E-state index < -0.39 is 0 Å². The van der Waals surface area contributed by atoms with Crippen molar-refractivity contribution in [3.05, 3.63) is 54.2 Å². The number of nitrogens with zero attached hydrogens (tertiary/aromatic N) is 2. The molecule has 2 rings (SSSR count). The lowest BCUT2D eigenvalue weighted by Crippen LogP contribution is -2.40. The molecule has 0 radical (unpaired) electrons. The number of carbonyl (C=O) groups is 1. The van der Waals surface area contributed by atoms with Crippen LogP contribution in [0.5, 0.6) is 5.88 Å². The van der Waals surface area contributed by atoms with Crippen molar-refractivity contribution in [2.24, 2.45) is 0 Å². The van der Waals surface area contributed by atoms with Gasteiger partial charge in [0, 0.05) is 31.5 Å². The normalized spacial score (nSPS) is 11.6. The number of ether oxygens (including phenoxy) is 1. The fourth-order valence-corrected chi connectivity index (χ4v) is 2.12. The third-order valence-corrected chi connectivity index (χ3v) is 3.59. The zero-order valence-electron chi connectivity index (χ0n) is 13.1. The molecular weight excluding hydrogens is 278 g/mol. The van der Waals surface area contributed by atoms with E-state index in [1.165, 1.54) is 7.11 Å². The van der Waals surface area contributed by atoms with Gasteiger partial charge in [-0.25, -0.2) is 4.98 Å². The number of methoxy groups -OCH3 is 1. The highest BCUT2D eigenvalue weighted by Crippen LogP contribution is 2.15. The Bertz CT molecular complexity index is 616. The lowest BCUT2D eigenvalue weighted by Gasteiger charge is -2.27. The molecule has 5 nitrogen and oxygen atoms in total. The highest BCUT2D eigenvalue weighted by Gasteiger charge is 2.15. The van der Waals surface area contributed by atoms with E-state index in [0.717, 1.165) is 5.69 Å². The predicted molar refractivity (Wildman–Crippen MR) is 87.4 cm³/mol. The van der Waals surface area contributed by atoms with Crippen molar-refractivity contribution in [1.82, 2.24) is 10.3 Å². The standard InChI is InChI=1S/C17H21N3O2/c1-13(20(2)14-8-5-4-6-9-14)12-19-16(21)15-10-7-11-18-17(15)22-3/h4-11,13H,12H2,1-3H3,(H,19,21)/t13-/m1/s1. The second kappa shape index (κ2) is 7.45. The van der Waals surface area contributed by atoms with Crippen LogP contribution in [0.15, 0.2) is 48.7 Å². The van der Waals surface area contributed by atoms with Crippen molar-refractivity contribution in [2.45, 2.75) is 13.0 Å². The van der Waals surface area contributed by atoms with Gasteiger partial charge in [0.25, 0.3) is 5.91 Å². The van der Waals surface area contributed by atoms with Crippen molar-refractivity contribution in [3.8, 4) is 5.88 Å². The summed E-state index contributed by atoms with van der Waals surface area (Å²) in [6.07, 6.45) is 1.60. The molecule has 1 aromatic carbocycles. The topological polar surface area (TPSA) is 54.5 Å². The maximum Gasteiger partial charge on any atom is 0.256 e. The van der Waals surface area contributed by atoms with E-state index in [0.29, 0.717) is 18.0 Å². The van der Waals surface area contributed by atoms with E-state index in [1.807, 2.05) is 37.4 Å². The van der Waals surface area contributed by atoms with Gasteiger partial charge in [-0.2, -0.15) is 0 Å². The van der Waals surface area contributed by atoms with Gasteiger partial charge in [0.2, 0.25) is 5.88 Å². The first kappa shape index (κ1) is 15.8. The molecule has 0 spiro atoms. The molecule has 0 aliphatic carbocycles. The minimum absolute atomic E-state index is 0.161. The van der Waals surface area contributed by atoms with Gasteiger partial charge in [0.1, 0.15) is 5.56 Å². The molecule has 5 heteroatoms. The summed E-state index contributed by atoms with van der Waals surface area (Å²) in [5.41, 5.74) is 1.56. The third-order valence-electron chi connectivity index (χ3n) is 3.59. The SMILES string of the molecule is COc1ncccc1C(=O)NC[C@@H](C)N(C)c1ccccc1. The monoisotopic (exact) mass is 299 g/mol. The molecule has 1 atom stereocenters. The summed E-state index contributed by atoms with van der Waals surface area (Å²) in [6.45, 7) is 2.59. The number of aromatic nitrogens is 1. The number of rotatable bonds is 6. The summed E-state index contributed by atoms with van der Waals surface area (Å²) < 4.78 is 5.11. The first-order valence-electron chi connectivity index (χ1n) is 7.18. The molecule has 2 aromatic rings. The first-order valence-corrected chi connectivity index (χ1v) is 7.18. The molecule has 1 aromatic heterocycles. The van der Waals surface area contributed by atoms with E-state index in [4.69, 9.17) is 4.74 Å². The smallest absolute Gasteiger partial charge is 0.256 e. The molecule has 0 fully saturated rings. The maximum absolute atomic E-state index is 12.2. The Hall–Kier alpha value is -2.56. The number of nitrogens with one attached hydrogen (secondary N) is 1. The molecule has 0 saturated heterocycles. The Morgan fingerprint density at radius 3 is 2.68 bits per heavy atom. The van der Waals surface area contributed by atoms with Gasteiger partial charge in [-0.1, -0.05) is 18.2 Å². The van der Waals surface area contributed by atoms with Crippen molar-refractivity contribution in [2.75, 3.05) is 25.6 Å². The molecule has 1 heterocycles. The van der Waals surface area contributed by atoms with Gasteiger partial charge in [-0.3, -0.25) is 4.79 Å². The molecular formula is C17H21N3O2. The number of benzene rings is 1. The number of amides is 1. The Morgan fingerprint density at radius 2 is 2.00 bits per heavy atom. The summed E-state index contributed by atoms with van der Waals surface area (Å²) in [4.78, 5) is 18.4. The number of likely N-dealkylation sites (N-methyl/N-ethyl adjacent to an activating group) is 1. The summed E-state index contributed by atoms with van der Waals surface area (Å²) >= 11 is 0. The fraction of sp³-hybridized carbons (Fsp3) is 0.294. The van der Waals surface area contributed by atoms with Crippen LogP contribution in [0.1, 0.15) is 17.3 Å². The zero-order chi connectivity index (χ0) is 15.9. The largest absolute Gasteiger partial charge is 0.480 e. The number of para-hydroxylation sites is 1. The Balaban J connectivity index is 1.96. The average Bonchev–Trinajstić information content (AvgIpc) is 2.59. The van der Waals surface area contributed by atoms with Crippen LogP contribution in [0.3, 0.4) is 0 Å². The van der Waals surface area contributed by atoms with E-state index in [2.05, 4.69) is 22.1 Å². The van der Waals surface area contributed by atoms with Crippen LogP contribution in [0, 0.1) is 0 Å². The van der Waals surface area contributed by atoms with Crippen LogP contribution in [0.25, 0.3) is 0 Å². The van der Waals surface area contributed by atoms with E-state index in [9.17, 15) is 4.79 Å². The quantitative estimate of drug-likeness (QED) is 0.889. The van der Waals surface area contributed by atoms with E-state index in [1.54, 1.807) is 18.3 Å². The third kappa shape index (κ3) is 3.75. The summed E-state index contributed by atoms with van der Waals surface area (Å²) in [5, 5.41) is 2.92. The number of hydrogen-bond acceptors (Lipinski definition) is 4. The summed E-state index contributed by atoms with van der Waals surface area (Å²) in [7, 11) is 3.52. The van der Waals surface area contributed by atoms with Gasteiger partial charge in [-0.05, 0) is 31.2 Å². The molecule has 1 N–H and O–H groups in total. The lowest BCUT2D eigenvalue weighted by atomic mass is 10.2. The van der Waals surface area contributed by atoms with Crippen LogP contribution >= 0.6 is 0 Å². The predicted octanol–water partition coefficient (Wildman–Crippen LogP) is 2.34. The molecule has 1 amide bonds. The molecule has 0 aliphatic heterocycles. The van der Waals surface area contributed by atoms with Crippen molar-refractivity contribution >= 4 is 11.6 Å². The summed E-state index contributed by atoms with van der Waals surface area (Å²) in [5.74, 6) is 0.155. The van der Waals surface area contributed by atoms with Crippen molar-refractivity contribution in [3.63, 3.8) is 0 Å². The van der Waals surface area contributed by atoms with Crippen LogP contribution in [0.2, 0.25) is 0 Å². The van der Waals surface area contributed by atoms with Crippen LogP contribution in [0.4, 0.5) is 5.69 Å². The molecule has 0 aliphatic rings. The minimum Gasteiger partial charge on any atom is -0.480 e. The van der Waals surface area contributed by atoms with Crippen LogP contribution in [-0.2, 0) is 0 Å². The van der Waals surface area contributed by atoms with Gasteiger partial charge in [-0.15, -0.1) is 0 Å². The van der Waals surface area contributed by atoms with Crippen molar-refractivity contribution < 1.29 is 9.53 Å². The Morgan fingerprint density at radius 1 is 1.27 bits per heavy atom. The van der Waals surface area contributed by atoms with Gasteiger partial charge in [0.15, 0.2) is 0 Å². The van der Waals surface area contributed by atoms with Gasteiger partial charge >= 0.3 is 0 Å². The maximum atomic E-state index is 12.2. The van der Waals surface area contributed by atoms with Crippen molar-refractivity contribution in [1.29, 1.82) is 0 Å². The number of carbonyl (C=O) groups excluding carboxylic acids is 1. The zero-order valence-corrected chi connectivity index (χ0v) is 13.1. The molecule has 22 heavy (non-hydrogen) atoms. The molecule has 116 valence electrons. The second-order valence-corrected chi connectivity index (χ2v) is 5.07. The lowest BCUT2D eigenvalue weighted by molar-refractivity contribution is 0.0948. The second-order valence-electron chi connectivity index (χ2n) is 5.07. The Labute approximate surface area is 130 Å². The number of hydrogen-bond donors (Lipinski definition) is 1. The first-order chi connectivity index (χ1) is 10.6. The fourth-order valence-electron chi connectivity index (χ4n) is 2.12. The molecule has 0 unspecified atom stereocenters. The highest BCUT2D eigenvalue weighted by molar-refractivity contribution is 5.96. The van der Waals surface area contributed by atoms with Gasteiger partial charge < -0.3 is 15.0 Å². The molecule has 0 bridgehead atoms. The average molecular weight is 299 g/mol. The highest BCUT2D eigenvalue weighted by atomic mass is 16.5. The van der Waals surface area contributed by atoms with E-state index in [-0.39, 0.29) is 11.9 Å². The van der Waals surface area contributed by atoms with E-state index >= 15 is 0 Å². The Kier molecular flexibility index (Phi) is 5.36. The summed E-state index contributed by atoms with van der Waals surface area (Å²) in [6, 6.07) is 13.6. The number of pyridine rings is 1. The minimum atomic E-state index is -0.182. The van der Waals surface area contributed by atoms with Crippen LogP contribution in [-0.4, -0.2) is 37.6 Å². The van der Waals surface area contributed by atoms with Crippen LogP contribution < -0.4 is 15.0 Å².